The predicted molar refractivity (Wildman–Crippen MR) is 78.0 cm³/mol. The smallest absolute Gasteiger partial charge is 0.320 e. The van der Waals surface area contributed by atoms with Gasteiger partial charge in [0.2, 0.25) is 0 Å². The number of hydrogen-bond acceptors (Lipinski definition) is 3. The van der Waals surface area contributed by atoms with E-state index >= 15 is 0 Å². The molecular formula is C15H26N2O4. The molecule has 1 aliphatic carbocycles. The predicted octanol–water partition coefficient (Wildman–Crippen LogP) is 1.53. The van der Waals surface area contributed by atoms with Crippen molar-refractivity contribution in [3.05, 3.63) is 0 Å². The first-order chi connectivity index (χ1) is 10.1. The van der Waals surface area contributed by atoms with Gasteiger partial charge in [-0.15, -0.1) is 0 Å². The highest BCUT2D eigenvalue weighted by Gasteiger charge is 2.33. The van der Waals surface area contributed by atoms with E-state index in [1.54, 1.807) is 4.90 Å². The number of nitrogens with zero attached hydrogens (tertiary/aromatic N) is 2. The van der Waals surface area contributed by atoms with E-state index in [1.165, 1.54) is 6.42 Å². The molecular weight excluding hydrogens is 272 g/mol. The van der Waals surface area contributed by atoms with Crippen molar-refractivity contribution >= 4 is 12.0 Å². The number of carboxylic acids is 1. The van der Waals surface area contributed by atoms with Gasteiger partial charge in [-0.05, 0) is 25.2 Å². The van der Waals surface area contributed by atoms with Crippen LogP contribution in [-0.4, -0.2) is 64.3 Å². The molecule has 1 heterocycles. The third-order valence-electron chi connectivity index (χ3n) is 4.62. The highest BCUT2D eigenvalue weighted by Crippen LogP contribution is 2.26. The Morgan fingerprint density at radius 1 is 1.14 bits per heavy atom. The van der Waals surface area contributed by atoms with Crippen molar-refractivity contribution in [1.29, 1.82) is 0 Å². The van der Waals surface area contributed by atoms with Gasteiger partial charge >= 0.3 is 12.0 Å². The van der Waals surface area contributed by atoms with Crippen molar-refractivity contribution in [2.24, 2.45) is 5.92 Å². The molecule has 2 amide bonds. The Labute approximate surface area is 125 Å². The zero-order valence-electron chi connectivity index (χ0n) is 12.5. The van der Waals surface area contributed by atoms with E-state index < -0.39 is 5.97 Å². The van der Waals surface area contributed by atoms with E-state index in [0.717, 1.165) is 32.1 Å². The van der Waals surface area contributed by atoms with Crippen LogP contribution in [0.15, 0.2) is 0 Å². The maximum atomic E-state index is 12.7. The van der Waals surface area contributed by atoms with Crippen LogP contribution in [0.25, 0.3) is 0 Å². The molecule has 120 valence electrons. The number of aliphatic hydroxyl groups is 1. The lowest BCUT2D eigenvalue weighted by molar-refractivity contribution is -0.138. The minimum atomic E-state index is -0.797. The largest absolute Gasteiger partial charge is 0.481 e. The first-order valence-electron chi connectivity index (χ1n) is 8.00. The van der Waals surface area contributed by atoms with Crippen LogP contribution < -0.4 is 0 Å². The number of carbonyl (C=O) groups is 2. The lowest BCUT2D eigenvalue weighted by atomic mass is 9.94. The first kappa shape index (κ1) is 16.1. The number of aliphatic carboxylic acids is 1. The molecule has 1 saturated carbocycles. The van der Waals surface area contributed by atoms with E-state index in [1.807, 2.05) is 4.90 Å². The zero-order chi connectivity index (χ0) is 15.2. The Balaban J connectivity index is 1.93. The maximum absolute atomic E-state index is 12.7. The monoisotopic (exact) mass is 298 g/mol. The number of aliphatic hydroxyl groups excluding tert-OH is 1. The average Bonchev–Trinajstić information content (AvgIpc) is 2.92. The molecule has 6 nitrogen and oxygen atoms in total. The van der Waals surface area contributed by atoms with Gasteiger partial charge in [0, 0.05) is 32.1 Å². The minimum Gasteiger partial charge on any atom is -0.481 e. The summed E-state index contributed by atoms with van der Waals surface area (Å²) in [6.07, 6.45) is 6.42. The summed E-state index contributed by atoms with van der Waals surface area (Å²) in [5, 5.41) is 18.1. The first-order valence-corrected chi connectivity index (χ1v) is 8.00. The Morgan fingerprint density at radius 2 is 1.86 bits per heavy atom. The van der Waals surface area contributed by atoms with Gasteiger partial charge in [-0.25, -0.2) is 4.79 Å². The lowest BCUT2D eigenvalue weighted by Crippen LogP contribution is -2.49. The average molecular weight is 298 g/mol. The SMILES string of the molecule is O=C(O)CC1CCN(C(=O)N(CCO)C2CCCCC2)C1. The molecule has 0 aromatic carbocycles. The van der Waals surface area contributed by atoms with Gasteiger partial charge in [-0.3, -0.25) is 4.79 Å². The molecule has 0 bridgehead atoms. The summed E-state index contributed by atoms with van der Waals surface area (Å²) in [6, 6.07) is 0.209. The van der Waals surface area contributed by atoms with Crippen LogP contribution in [-0.2, 0) is 4.79 Å². The Hall–Kier alpha value is -1.30. The number of carboxylic acid groups (broad SMARTS) is 1. The van der Waals surface area contributed by atoms with Crippen molar-refractivity contribution in [2.45, 2.75) is 51.0 Å². The fourth-order valence-electron chi connectivity index (χ4n) is 3.54. The summed E-state index contributed by atoms with van der Waals surface area (Å²) in [6.45, 7) is 1.52. The van der Waals surface area contributed by atoms with Crippen LogP contribution in [0.1, 0.15) is 44.9 Å². The molecule has 2 rings (SSSR count). The van der Waals surface area contributed by atoms with E-state index in [2.05, 4.69) is 0 Å². The number of likely N-dealkylation sites (tertiary alicyclic amines) is 1. The van der Waals surface area contributed by atoms with Crippen LogP contribution >= 0.6 is 0 Å². The third kappa shape index (κ3) is 4.33. The molecule has 21 heavy (non-hydrogen) atoms. The Kier molecular flexibility index (Phi) is 5.85. The molecule has 0 aromatic rings. The third-order valence-corrected chi connectivity index (χ3v) is 4.62. The molecule has 2 aliphatic rings. The van der Waals surface area contributed by atoms with Gasteiger partial charge in [0.25, 0.3) is 0 Å². The van der Waals surface area contributed by atoms with E-state index in [4.69, 9.17) is 5.11 Å². The number of amides is 2. The maximum Gasteiger partial charge on any atom is 0.320 e. The molecule has 6 heteroatoms. The number of urea groups is 1. The van der Waals surface area contributed by atoms with Gasteiger partial charge in [0.15, 0.2) is 0 Å². The highest BCUT2D eigenvalue weighted by molar-refractivity contribution is 5.75. The second-order valence-corrected chi connectivity index (χ2v) is 6.19. The topological polar surface area (TPSA) is 81.1 Å². The molecule has 1 unspecified atom stereocenters. The van der Waals surface area contributed by atoms with Gasteiger partial charge in [0.1, 0.15) is 0 Å². The normalized spacial score (nSPS) is 23.3. The molecule has 0 radical (unpaired) electrons. The van der Waals surface area contributed by atoms with Crippen LogP contribution in [0.4, 0.5) is 4.79 Å². The molecule has 2 N–H and O–H groups in total. The van der Waals surface area contributed by atoms with Gasteiger partial charge in [-0.2, -0.15) is 0 Å². The minimum absolute atomic E-state index is 0.0192. The summed E-state index contributed by atoms with van der Waals surface area (Å²) in [4.78, 5) is 27.0. The quantitative estimate of drug-likeness (QED) is 0.806. The fraction of sp³-hybridized carbons (Fsp3) is 0.867. The molecule has 0 aromatic heterocycles. The van der Waals surface area contributed by atoms with E-state index in [-0.39, 0.29) is 31.0 Å². The summed E-state index contributed by atoms with van der Waals surface area (Å²) in [5.74, 6) is -0.734. The van der Waals surface area contributed by atoms with Gasteiger partial charge < -0.3 is 20.0 Å². The van der Waals surface area contributed by atoms with Crippen LogP contribution in [0.5, 0.6) is 0 Å². The zero-order valence-corrected chi connectivity index (χ0v) is 12.5. The summed E-state index contributed by atoms with van der Waals surface area (Å²) in [5.41, 5.74) is 0. The van der Waals surface area contributed by atoms with Crippen molar-refractivity contribution in [1.82, 2.24) is 9.80 Å². The van der Waals surface area contributed by atoms with Crippen LogP contribution in [0.2, 0.25) is 0 Å². The van der Waals surface area contributed by atoms with Crippen LogP contribution in [0, 0.1) is 5.92 Å². The molecule has 2 fully saturated rings. The van der Waals surface area contributed by atoms with Crippen molar-refractivity contribution in [3.8, 4) is 0 Å². The summed E-state index contributed by atoms with van der Waals surface area (Å²) >= 11 is 0. The molecule has 1 atom stereocenters. The van der Waals surface area contributed by atoms with Crippen molar-refractivity contribution in [2.75, 3.05) is 26.2 Å². The Bertz CT molecular complexity index is 369. The second-order valence-electron chi connectivity index (χ2n) is 6.19. The Morgan fingerprint density at radius 3 is 2.48 bits per heavy atom. The van der Waals surface area contributed by atoms with E-state index in [9.17, 15) is 14.7 Å². The number of carbonyl (C=O) groups excluding carboxylic acids is 1. The number of rotatable bonds is 5. The van der Waals surface area contributed by atoms with E-state index in [0.29, 0.717) is 19.6 Å². The lowest BCUT2D eigenvalue weighted by Gasteiger charge is -2.36. The summed E-state index contributed by atoms with van der Waals surface area (Å²) < 4.78 is 0. The van der Waals surface area contributed by atoms with Crippen molar-refractivity contribution in [3.63, 3.8) is 0 Å². The van der Waals surface area contributed by atoms with Gasteiger partial charge in [-0.1, -0.05) is 19.3 Å². The second kappa shape index (κ2) is 7.64. The van der Waals surface area contributed by atoms with Crippen molar-refractivity contribution < 1.29 is 19.8 Å². The highest BCUT2D eigenvalue weighted by atomic mass is 16.4. The fourth-order valence-corrected chi connectivity index (χ4v) is 3.54. The standard InChI is InChI=1S/C15H26N2O4/c18-9-8-17(13-4-2-1-3-5-13)15(21)16-7-6-12(11-16)10-14(19)20/h12-13,18H,1-11H2,(H,19,20). The molecule has 0 spiro atoms. The van der Waals surface area contributed by atoms with Gasteiger partial charge in [0.05, 0.1) is 6.61 Å². The van der Waals surface area contributed by atoms with Crippen LogP contribution in [0.3, 0.4) is 0 Å². The number of hydrogen-bond donors (Lipinski definition) is 2. The molecule has 1 aliphatic heterocycles. The summed E-state index contributed by atoms with van der Waals surface area (Å²) in [7, 11) is 0. The molecule has 1 saturated heterocycles.